The molecule has 1 aromatic heterocycles. The summed E-state index contributed by atoms with van der Waals surface area (Å²) >= 11 is 3.39. The molecular formula is C18H31BrN6O2. The highest BCUT2D eigenvalue weighted by Crippen LogP contribution is 2.23. The number of ether oxygens (including phenoxy) is 2. The Morgan fingerprint density at radius 2 is 2.07 bits per heavy atom. The number of guanidine groups is 1. The maximum Gasteiger partial charge on any atom is 0.232 e. The summed E-state index contributed by atoms with van der Waals surface area (Å²) < 4.78 is 11.6. The number of piperazine rings is 1. The largest absolute Gasteiger partial charge is 0.480 e. The number of anilines is 1. The van der Waals surface area contributed by atoms with Gasteiger partial charge in [0.2, 0.25) is 11.8 Å². The van der Waals surface area contributed by atoms with Gasteiger partial charge in [-0.15, -0.1) is 0 Å². The molecule has 0 bridgehead atoms. The second-order valence-electron chi connectivity index (χ2n) is 6.80. The van der Waals surface area contributed by atoms with Crippen molar-refractivity contribution in [2.45, 2.75) is 20.3 Å². The van der Waals surface area contributed by atoms with Crippen molar-refractivity contribution in [1.82, 2.24) is 20.2 Å². The van der Waals surface area contributed by atoms with Crippen molar-refractivity contribution in [3.8, 4) is 5.88 Å². The van der Waals surface area contributed by atoms with Crippen LogP contribution in [0.5, 0.6) is 5.88 Å². The van der Waals surface area contributed by atoms with Crippen molar-refractivity contribution in [3.63, 3.8) is 0 Å². The molecule has 0 aromatic carbocycles. The summed E-state index contributed by atoms with van der Waals surface area (Å²) in [5, 5.41) is 3.43. The first kappa shape index (κ1) is 21.7. The third-order valence-corrected chi connectivity index (χ3v) is 4.71. The maximum absolute atomic E-state index is 5.62. The fourth-order valence-electron chi connectivity index (χ4n) is 2.78. The van der Waals surface area contributed by atoms with E-state index in [0.29, 0.717) is 17.7 Å². The molecule has 1 N–H and O–H groups in total. The average molecular weight is 443 g/mol. The molecular weight excluding hydrogens is 412 g/mol. The molecule has 2 rings (SSSR count). The van der Waals surface area contributed by atoms with Gasteiger partial charge in [0.15, 0.2) is 5.96 Å². The van der Waals surface area contributed by atoms with Crippen LogP contribution in [0.4, 0.5) is 5.95 Å². The minimum atomic E-state index is 0.555. The van der Waals surface area contributed by atoms with Gasteiger partial charge >= 0.3 is 0 Å². The predicted octanol–water partition coefficient (Wildman–Crippen LogP) is 2.01. The average Bonchev–Trinajstić information content (AvgIpc) is 2.68. The summed E-state index contributed by atoms with van der Waals surface area (Å²) in [5.74, 6) is 2.77. The van der Waals surface area contributed by atoms with E-state index in [-0.39, 0.29) is 0 Å². The Labute approximate surface area is 170 Å². The highest BCUT2D eigenvalue weighted by molar-refractivity contribution is 9.10. The van der Waals surface area contributed by atoms with E-state index in [1.165, 1.54) is 0 Å². The van der Waals surface area contributed by atoms with Crippen LogP contribution < -0.4 is 15.0 Å². The van der Waals surface area contributed by atoms with E-state index in [2.05, 4.69) is 59.9 Å². The van der Waals surface area contributed by atoms with Crippen LogP contribution >= 0.6 is 15.9 Å². The highest BCUT2D eigenvalue weighted by atomic mass is 79.9. The molecule has 27 heavy (non-hydrogen) atoms. The SMILES string of the molecule is CN=C(NCCCOCC(C)C)N1CCN(c2ncc(Br)c(OC)n2)CC1. The third-order valence-electron chi connectivity index (χ3n) is 4.17. The normalized spacial score (nSPS) is 15.4. The molecule has 0 atom stereocenters. The fraction of sp³-hybridized carbons (Fsp3) is 0.722. The topological polar surface area (TPSA) is 75.1 Å². The van der Waals surface area contributed by atoms with Crippen molar-refractivity contribution in [2.75, 3.05) is 65.0 Å². The molecule has 0 spiro atoms. The zero-order chi connectivity index (χ0) is 19.6. The Kier molecular flexibility index (Phi) is 9.06. The lowest BCUT2D eigenvalue weighted by atomic mass is 10.2. The summed E-state index contributed by atoms with van der Waals surface area (Å²) in [5.41, 5.74) is 0. The van der Waals surface area contributed by atoms with E-state index in [0.717, 1.165) is 62.8 Å². The van der Waals surface area contributed by atoms with Gasteiger partial charge < -0.3 is 24.6 Å². The molecule has 1 aromatic rings. The second-order valence-corrected chi connectivity index (χ2v) is 7.65. The standard InChI is InChI=1S/C18H31BrN6O2/c1-14(2)13-27-11-5-6-21-17(20-3)24-7-9-25(10-8-24)18-22-12-15(19)16(23-18)26-4/h12,14H,5-11,13H2,1-4H3,(H,20,21). The molecule has 0 radical (unpaired) electrons. The van der Waals surface area contributed by atoms with Gasteiger partial charge in [-0.2, -0.15) is 4.98 Å². The smallest absolute Gasteiger partial charge is 0.232 e. The lowest BCUT2D eigenvalue weighted by Crippen LogP contribution is -2.53. The lowest BCUT2D eigenvalue weighted by molar-refractivity contribution is 0.108. The molecule has 0 aliphatic carbocycles. The van der Waals surface area contributed by atoms with Crippen LogP contribution in [-0.2, 0) is 4.74 Å². The number of hydrogen-bond acceptors (Lipinski definition) is 6. The summed E-state index contributed by atoms with van der Waals surface area (Å²) in [4.78, 5) is 17.7. The third kappa shape index (κ3) is 6.80. The van der Waals surface area contributed by atoms with Crippen molar-refractivity contribution in [1.29, 1.82) is 0 Å². The van der Waals surface area contributed by atoms with Gasteiger partial charge in [0.25, 0.3) is 0 Å². The van der Waals surface area contributed by atoms with Gasteiger partial charge in [-0.05, 0) is 28.3 Å². The number of methoxy groups -OCH3 is 1. The first-order chi connectivity index (χ1) is 13.0. The van der Waals surface area contributed by atoms with Gasteiger partial charge in [-0.25, -0.2) is 4.98 Å². The van der Waals surface area contributed by atoms with Gasteiger partial charge in [-0.3, -0.25) is 4.99 Å². The Bertz CT molecular complexity index is 606. The minimum absolute atomic E-state index is 0.555. The molecule has 1 aliphatic heterocycles. The summed E-state index contributed by atoms with van der Waals surface area (Å²) in [6, 6.07) is 0. The van der Waals surface area contributed by atoms with Crippen molar-refractivity contribution >= 4 is 27.8 Å². The van der Waals surface area contributed by atoms with Crippen molar-refractivity contribution in [2.24, 2.45) is 10.9 Å². The van der Waals surface area contributed by atoms with Crippen LogP contribution in [0, 0.1) is 5.92 Å². The summed E-state index contributed by atoms with van der Waals surface area (Å²) in [7, 11) is 3.44. The number of halogens is 1. The lowest BCUT2D eigenvalue weighted by Gasteiger charge is -2.36. The van der Waals surface area contributed by atoms with Crippen LogP contribution in [0.3, 0.4) is 0 Å². The zero-order valence-corrected chi connectivity index (χ0v) is 18.3. The molecule has 1 saturated heterocycles. The predicted molar refractivity (Wildman–Crippen MR) is 112 cm³/mol. The van der Waals surface area contributed by atoms with E-state index >= 15 is 0 Å². The number of nitrogens with zero attached hydrogens (tertiary/aromatic N) is 5. The molecule has 1 aliphatic rings. The van der Waals surface area contributed by atoms with Crippen molar-refractivity contribution < 1.29 is 9.47 Å². The van der Waals surface area contributed by atoms with Crippen LogP contribution in [0.1, 0.15) is 20.3 Å². The van der Waals surface area contributed by atoms with Crippen molar-refractivity contribution in [3.05, 3.63) is 10.7 Å². The van der Waals surface area contributed by atoms with Crippen LogP contribution in [0.15, 0.2) is 15.7 Å². The van der Waals surface area contributed by atoms with Gasteiger partial charge in [0, 0.05) is 53.0 Å². The van der Waals surface area contributed by atoms with Crippen LogP contribution in [-0.4, -0.2) is 80.9 Å². The molecule has 2 heterocycles. The Morgan fingerprint density at radius 3 is 2.70 bits per heavy atom. The minimum Gasteiger partial charge on any atom is -0.480 e. The monoisotopic (exact) mass is 442 g/mol. The first-order valence-electron chi connectivity index (χ1n) is 9.40. The van der Waals surface area contributed by atoms with E-state index in [4.69, 9.17) is 9.47 Å². The molecule has 1 fully saturated rings. The Morgan fingerprint density at radius 1 is 1.33 bits per heavy atom. The fourth-order valence-corrected chi connectivity index (χ4v) is 3.14. The molecule has 152 valence electrons. The van der Waals surface area contributed by atoms with Gasteiger partial charge in [0.1, 0.15) is 0 Å². The maximum atomic E-state index is 5.62. The van der Waals surface area contributed by atoms with E-state index in [9.17, 15) is 0 Å². The van der Waals surface area contributed by atoms with Gasteiger partial charge in [0.05, 0.1) is 17.8 Å². The Hall–Kier alpha value is -1.61. The molecule has 0 saturated carbocycles. The van der Waals surface area contributed by atoms with Crippen LogP contribution in [0.25, 0.3) is 0 Å². The highest BCUT2D eigenvalue weighted by Gasteiger charge is 2.22. The first-order valence-corrected chi connectivity index (χ1v) is 10.2. The number of aliphatic imine (C=N–C) groups is 1. The summed E-state index contributed by atoms with van der Waals surface area (Å²) in [6.07, 6.45) is 2.70. The molecule has 9 heteroatoms. The number of nitrogens with one attached hydrogen (secondary N) is 1. The number of aromatic nitrogens is 2. The molecule has 0 amide bonds. The summed E-state index contributed by atoms with van der Waals surface area (Å²) in [6.45, 7) is 10.2. The molecule has 0 unspecified atom stereocenters. The second kappa shape index (κ2) is 11.3. The van der Waals surface area contributed by atoms with E-state index in [1.54, 1.807) is 13.3 Å². The quantitative estimate of drug-likeness (QED) is 0.374. The number of rotatable bonds is 8. The van der Waals surface area contributed by atoms with Gasteiger partial charge in [-0.1, -0.05) is 13.8 Å². The van der Waals surface area contributed by atoms with E-state index < -0.39 is 0 Å². The number of hydrogen-bond donors (Lipinski definition) is 1. The molecule has 8 nitrogen and oxygen atoms in total. The Balaban J connectivity index is 1.76. The zero-order valence-electron chi connectivity index (χ0n) is 16.7. The van der Waals surface area contributed by atoms with Crippen LogP contribution in [0.2, 0.25) is 0 Å². The van der Waals surface area contributed by atoms with E-state index in [1.807, 2.05) is 7.05 Å².